The van der Waals surface area contributed by atoms with Crippen molar-refractivity contribution >= 4 is 34.2 Å². The topological polar surface area (TPSA) is 0 Å². The van der Waals surface area contributed by atoms with Crippen LogP contribution in [0.3, 0.4) is 0 Å². The van der Waals surface area contributed by atoms with Crippen LogP contribution in [0.4, 0.5) is 0 Å². The van der Waals surface area contributed by atoms with Gasteiger partial charge < -0.3 is 0 Å². The quantitative estimate of drug-likeness (QED) is 0.334. The maximum absolute atomic E-state index is 4.07. The lowest BCUT2D eigenvalue weighted by Gasteiger charge is -2.12. The molecule has 0 aliphatic heterocycles. The molecule has 0 bridgehead atoms. The number of hydrogen-bond acceptors (Lipinski definition) is 2. The number of allylic oxidation sites excluding steroid dienone is 3. The van der Waals surface area contributed by atoms with Crippen molar-refractivity contribution in [3.05, 3.63) is 93.1 Å². The van der Waals surface area contributed by atoms with Crippen LogP contribution in [0.15, 0.2) is 61.1 Å². The summed E-state index contributed by atoms with van der Waals surface area (Å²) in [7, 11) is 0. The Hall–Kier alpha value is -1.77. The van der Waals surface area contributed by atoms with Crippen molar-refractivity contribution in [2.45, 2.75) is 93.9 Å². The third-order valence-corrected chi connectivity index (χ3v) is 7.60. The number of aryl methyl sites for hydroxylation is 3. The van der Waals surface area contributed by atoms with Crippen LogP contribution in [0.25, 0.3) is 11.1 Å². The molecule has 0 unspecified atom stereocenters. The van der Waals surface area contributed by atoms with E-state index in [0.29, 0.717) is 0 Å². The Morgan fingerprint density at radius 3 is 1.94 bits per heavy atom. The Bertz CT molecular complexity index is 938. The number of rotatable bonds is 7. The first kappa shape index (κ1) is 33.2. The molecule has 0 amide bonds. The van der Waals surface area contributed by atoms with Crippen molar-refractivity contribution in [1.82, 2.24) is 0 Å². The first-order valence-electron chi connectivity index (χ1n) is 13.0. The Kier molecular flexibility index (Phi) is 17.6. The second-order valence-corrected chi connectivity index (χ2v) is 11.7. The lowest BCUT2D eigenvalue weighted by Crippen LogP contribution is -2.00. The van der Waals surface area contributed by atoms with Gasteiger partial charge in [0.25, 0.3) is 0 Å². The monoisotopic (exact) mass is 510 g/mol. The summed E-state index contributed by atoms with van der Waals surface area (Å²) in [4.78, 5) is 4.24. The van der Waals surface area contributed by atoms with Crippen LogP contribution in [0.1, 0.15) is 99.2 Å². The first-order chi connectivity index (χ1) is 16.6. The summed E-state index contributed by atoms with van der Waals surface area (Å²) in [5.74, 6) is 0.929. The Morgan fingerprint density at radius 1 is 0.914 bits per heavy atom. The Labute approximate surface area is 226 Å². The third kappa shape index (κ3) is 13.2. The summed E-state index contributed by atoms with van der Waals surface area (Å²) >= 11 is 3.73. The Morgan fingerprint density at radius 2 is 1.49 bits per heavy atom. The molecule has 0 N–H and O–H groups in total. The average molecular weight is 511 g/mol. The fourth-order valence-corrected chi connectivity index (χ4v) is 5.70. The number of thiophene rings is 1. The zero-order valence-electron chi connectivity index (χ0n) is 23.9. The summed E-state index contributed by atoms with van der Waals surface area (Å²) in [6.45, 7) is 32.4. The standard InChI is InChI=1S/C13H16S.C12H16S.C6H12.C2H6/c1-10(2)14-9-12(4)13-7-5-11(3)6-8-13;1-8(2)12-9(3)13-11-7-5-4-6-10(11)12;1-4-5-6(2)3;1-2/h5-8H,1,4,9H2,2-3H3;1,4-7H2,2-3H3;2,4-5H2,1,3H3;1-2H3. The van der Waals surface area contributed by atoms with Gasteiger partial charge in [-0.05, 0) is 99.5 Å². The molecular formula is C33H50S2. The number of hydrogen-bond donors (Lipinski definition) is 0. The molecule has 0 fully saturated rings. The van der Waals surface area contributed by atoms with Crippen molar-refractivity contribution in [3.63, 3.8) is 0 Å². The van der Waals surface area contributed by atoms with E-state index < -0.39 is 0 Å². The molecule has 0 spiro atoms. The van der Waals surface area contributed by atoms with E-state index in [1.807, 2.05) is 32.1 Å². The van der Waals surface area contributed by atoms with Gasteiger partial charge in [0.2, 0.25) is 0 Å². The zero-order chi connectivity index (χ0) is 27.0. The molecule has 2 heteroatoms. The van der Waals surface area contributed by atoms with Gasteiger partial charge in [0.1, 0.15) is 0 Å². The summed E-state index contributed by atoms with van der Waals surface area (Å²) < 4.78 is 0. The predicted molar refractivity (Wildman–Crippen MR) is 169 cm³/mol. The molecule has 194 valence electrons. The lowest BCUT2D eigenvalue weighted by atomic mass is 9.92. The highest BCUT2D eigenvalue weighted by Gasteiger charge is 2.18. The van der Waals surface area contributed by atoms with E-state index in [1.165, 1.54) is 71.2 Å². The highest BCUT2D eigenvalue weighted by Crippen LogP contribution is 2.36. The molecular weight excluding hydrogens is 460 g/mol. The van der Waals surface area contributed by atoms with Crippen molar-refractivity contribution in [3.8, 4) is 0 Å². The molecule has 1 heterocycles. The smallest absolute Gasteiger partial charge is 0.0228 e. The van der Waals surface area contributed by atoms with Crippen molar-refractivity contribution in [2.24, 2.45) is 0 Å². The third-order valence-electron chi connectivity index (χ3n) is 5.40. The van der Waals surface area contributed by atoms with E-state index in [0.717, 1.165) is 16.2 Å². The minimum absolute atomic E-state index is 0.929. The van der Waals surface area contributed by atoms with Gasteiger partial charge in [-0.3, -0.25) is 0 Å². The molecule has 0 atom stereocenters. The molecule has 0 radical (unpaired) electrons. The van der Waals surface area contributed by atoms with E-state index in [1.54, 1.807) is 22.2 Å². The van der Waals surface area contributed by atoms with Crippen LogP contribution in [0.2, 0.25) is 0 Å². The molecule has 1 aromatic heterocycles. The van der Waals surface area contributed by atoms with Crippen LogP contribution in [0, 0.1) is 13.8 Å². The zero-order valence-corrected chi connectivity index (χ0v) is 25.5. The van der Waals surface area contributed by atoms with Gasteiger partial charge in [-0.2, -0.15) is 0 Å². The molecule has 1 aromatic carbocycles. The van der Waals surface area contributed by atoms with Crippen LogP contribution < -0.4 is 0 Å². The SMILES string of the molecule is C=C(C)CCC.C=C(C)SCC(=C)c1ccc(C)cc1.C=C(C)c1c(C)sc2c1CCCC2.CC. The number of thioether (sulfide) groups is 1. The van der Waals surface area contributed by atoms with E-state index >= 15 is 0 Å². The molecule has 0 saturated heterocycles. The minimum atomic E-state index is 0.929. The molecule has 2 aromatic rings. The van der Waals surface area contributed by atoms with E-state index in [4.69, 9.17) is 0 Å². The van der Waals surface area contributed by atoms with Gasteiger partial charge >= 0.3 is 0 Å². The summed E-state index contributed by atoms with van der Waals surface area (Å²) in [6.07, 6.45) is 7.73. The van der Waals surface area contributed by atoms with E-state index in [9.17, 15) is 0 Å². The second-order valence-electron chi connectivity index (χ2n) is 9.09. The maximum atomic E-state index is 4.07. The fourth-order valence-electron chi connectivity index (χ4n) is 3.77. The normalized spacial score (nSPS) is 11.3. The van der Waals surface area contributed by atoms with Crippen LogP contribution in [0.5, 0.6) is 0 Å². The molecule has 0 saturated carbocycles. The first-order valence-corrected chi connectivity index (χ1v) is 14.8. The van der Waals surface area contributed by atoms with E-state index in [-0.39, 0.29) is 0 Å². The summed E-state index contributed by atoms with van der Waals surface area (Å²) in [6, 6.07) is 8.48. The maximum Gasteiger partial charge on any atom is 0.0228 e. The molecule has 1 aliphatic carbocycles. The van der Waals surface area contributed by atoms with Gasteiger partial charge in [0.05, 0.1) is 0 Å². The molecule has 0 nitrogen and oxygen atoms in total. The van der Waals surface area contributed by atoms with E-state index in [2.05, 4.69) is 85.2 Å². The van der Waals surface area contributed by atoms with Crippen molar-refractivity contribution < 1.29 is 0 Å². The minimum Gasteiger partial charge on any atom is -0.145 e. The fraction of sp³-hybridized carbons (Fsp3) is 0.455. The molecule has 35 heavy (non-hydrogen) atoms. The Balaban J connectivity index is 0.000000512. The summed E-state index contributed by atoms with van der Waals surface area (Å²) in [5, 5.41) is 0. The lowest BCUT2D eigenvalue weighted by molar-refractivity contribution is 0.696. The highest BCUT2D eigenvalue weighted by molar-refractivity contribution is 8.03. The van der Waals surface area contributed by atoms with Crippen LogP contribution in [-0.2, 0) is 12.8 Å². The molecule has 3 rings (SSSR count). The average Bonchev–Trinajstić information content (AvgIpc) is 3.16. The van der Waals surface area contributed by atoms with Gasteiger partial charge in [0.15, 0.2) is 0 Å². The number of benzene rings is 1. The van der Waals surface area contributed by atoms with Gasteiger partial charge in [0, 0.05) is 15.5 Å². The predicted octanol–water partition coefficient (Wildman–Crippen LogP) is 11.6. The van der Waals surface area contributed by atoms with Crippen LogP contribution >= 0.6 is 23.1 Å². The van der Waals surface area contributed by atoms with Gasteiger partial charge in [-0.15, -0.1) is 29.7 Å². The van der Waals surface area contributed by atoms with Crippen molar-refractivity contribution in [1.29, 1.82) is 0 Å². The van der Waals surface area contributed by atoms with Gasteiger partial charge in [-0.1, -0.05) is 82.3 Å². The molecule has 1 aliphatic rings. The highest BCUT2D eigenvalue weighted by atomic mass is 32.2. The van der Waals surface area contributed by atoms with Crippen LogP contribution in [-0.4, -0.2) is 5.75 Å². The summed E-state index contributed by atoms with van der Waals surface area (Å²) in [5.41, 5.74) is 9.30. The number of fused-ring (bicyclic) bond motifs is 1. The van der Waals surface area contributed by atoms with Gasteiger partial charge in [-0.25, -0.2) is 0 Å². The largest absolute Gasteiger partial charge is 0.145 e. The van der Waals surface area contributed by atoms with Crippen molar-refractivity contribution in [2.75, 3.05) is 5.75 Å². The second kappa shape index (κ2) is 18.5.